The summed E-state index contributed by atoms with van der Waals surface area (Å²) in [6.07, 6.45) is 5.79. The molecular weight excluding hydrogens is 372 g/mol. The van der Waals surface area contributed by atoms with Crippen molar-refractivity contribution in [2.75, 3.05) is 0 Å². The van der Waals surface area contributed by atoms with E-state index >= 15 is 0 Å². The minimum absolute atomic E-state index is 0.404. The topological polar surface area (TPSA) is 30.9 Å². The average molecular weight is 395 g/mol. The number of nitrogens with two attached hydrogens (primary N) is 1. The molecule has 0 aliphatic rings. The van der Waals surface area contributed by atoms with Gasteiger partial charge in [-0.1, -0.05) is 73.4 Å². The lowest BCUT2D eigenvalue weighted by Gasteiger charge is -2.09. The van der Waals surface area contributed by atoms with Crippen LogP contribution in [0.4, 0.5) is 0 Å². The number of hydrogen-bond donors (Lipinski definition) is 1. The third-order valence-corrected chi connectivity index (χ3v) is 5.40. The molecule has 0 aliphatic carbocycles. The number of hydrogen-bond acceptors (Lipinski definition) is 1. The maximum atomic E-state index is 5.80. The van der Waals surface area contributed by atoms with Crippen molar-refractivity contribution >= 4 is 44.6 Å². The van der Waals surface area contributed by atoms with Crippen molar-refractivity contribution in [3.8, 4) is 5.69 Å². The van der Waals surface area contributed by atoms with Gasteiger partial charge in [-0.3, -0.25) is 0 Å². The fourth-order valence-electron chi connectivity index (χ4n) is 3.67. The van der Waals surface area contributed by atoms with Gasteiger partial charge in [0.1, 0.15) is 0 Å². The van der Waals surface area contributed by atoms with E-state index in [2.05, 4.69) is 77.9 Å². The molecule has 0 bridgehead atoms. The molecule has 3 heteroatoms. The lowest BCUT2D eigenvalue weighted by Crippen LogP contribution is -2.08. The van der Waals surface area contributed by atoms with E-state index in [9.17, 15) is 0 Å². The lowest BCUT2D eigenvalue weighted by atomic mass is 10.0. The summed E-state index contributed by atoms with van der Waals surface area (Å²) >= 11 is 5.12. The van der Waals surface area contributed by atoms with Gasteiger partial charge in [-0.05, 0) is 60.0 Å². The molecule has 0 saturated carbocycles. The Balaban J connectivity index is 1.99. The number of para-hydroxylation sites is 2. The molecule has 29 heavy (non-hydrogen) atoms. The predicted molar refractivity (Wildman–Crippen MR) is 129 cm³/mol. The van der Waals surface area contributed by atoms with Crippen molar-refractivity contribution in [1.82, 2.24) is 4.57 Å². The lowest BCUT2D eigenvalue weighted by molar-refractivity contribution is 1.18. The van der Waals surface area contributed by atoms with Crippen molar-refractivity contribution in [3.63, 3.8) is 0 Å². The Kier molecular flexibility index (Phi) is 5.15. The summed E-state index contributed by atoms with van der Waals surface area (Å²) in [5.41, 5.74) is 12.3. The van der Waals surface area contributed by atoms with E-state index < -0.39 is 0 Å². The van der Waals surface area contributed by atoms with Gasteiger partial charge in [0, 0.05) is 16.5 Å². The van der Waals surface area contributed by atoms with Crippen LogP contribution in [0.1, 0.15) is 12.5 Å². The Labute approximate surface area is 176 Å². The Morgan fingerprint density at radius 3 is 2.34 bits per heavy atom. The van der Waals surface area contributed by atoms with Crippen LogP contribution in [-0.2, 0) is 0 Å². The van der Waals surface area contributed by atoms with E-state index in [4.69, 9.17) is 18.0 Å². The first-order valence-electron chi connectivity index (χ1n) is 9.50. The number of allylic oxidation sites excluding steroid dienone is 4. The Morgan fingerprint density at radius 2 is 1.62 bits per heavy atom. The first kappa shape index (κ1) is 18.9. The number of aromatic nitrogens is 1. The van der Waals surface area contributed by atoms with Crippen LogP contribution >= 0.6 is 12.2 Å². The molecule has 0 aliphatic heterocycles. The van der Waals surface area contributed by atoms with Crippen molar-refractivity contribution in [2.45, 2.75) is 6.92 Å². The molecular formula is C26H22N2S. The Bertz CT molecular complexity index is 1290. The maximum Gasteiger partial charge on any atom is 0.0991 e. The zero-order valence-electron chi connectivity index (χ0n) is 16.3. The fraction of sp³-hybridized carbons (Fsp3) is 0.0385. The Hall–Kier alpha value is -3.43. The zero-order chi connectivity index (χ0) is 20.4. The van der Waals surface area contributed by atoms with Crippen LogP contribution in [0.15, 0.2) is 103 Å². The number of rotatable bonds is 5. The van der Waals surface area contributed by atoms with Crippen LogP contribution < -0.4 is 5.73 Å². The van der Waals surface area contributed by atoms with Gasteiger partial charge in [-0.2, -0.15) is 0 Å². The number of benzene rings is 3. The van der Waals surface area contributed by atoms with Crippen molar-refractivity contribution in [1.29, 1.82) is 0 Å². The molecule has 0 saturated heterocycles. The monoisotopic (exact) mass is 394 g/mol. The summed E-state index contributed by atoms with van der Waals surface area (Å²) in [6, 6.07) is 25.5. The SMILES string of the molecule is C=C/C=C(\C=C(/C)C(N)=S)c1ccc2c(c1)c1ccccc1n2-c1ccccc1. The summed E-state index contributed by atoms with van der Waals surface area (Å²) in [6.45, 7) is 5.79. The van der Waals surface area contributed by atoms with Crippen LogP contribution in [0.2, 0.25) is 0 Å². The van der Waals surface area contributed by atoms with Crippen molar-refractivity contribution in [3.05, 3.63) is 109 Å². The van der Waals surface area contributed by atoms with Crippen LogP contribution in [0, 0.1) is 0 Å². The summed E-state index contributed by atoms with van der Waals surface area (Å²) in [5.74, 6) is 0. The third-order valence-electron chi connectivity index (χ3n) is 5.08. The summed E-state index contributed by atoms with van der Waals surface area (Å²) < 4.78 is 2.31. The van der Waals surface area contributed by atoms with E-state index in [0.29, 0.717) is 4.99 Å². The van der Waals surface area contributed by atoms with Crippen LogP contribution in [0.5, 0.6) is 0 Å². The molecule has 0 unspecified atom stereocenters. The second-order valence-corrected chi connectivity index (χ2v) is 7.41. The zero-order valence-corrected chi connectivity index (χ0v) is 17.1. The molecule has 0 radical (unpaired) electrons. The van der Waals surface area contributed by atoms with Crippen LogP contribution in [0.25, 0.3) is 33.1 Å². The number of thiocarbonyl (C=S) groups is 1. The Morgan fingerprint density at radius 1 is 0.931 bits per heavy atom. The molecule has 4 aromatic rings. The molecule has 0 atom stereocenters. The van der Waals surface area contributed by atoms with E-state index in [0.717, 1.165) is 22.4 Å². The molecule has 1 aromatic heterocycles. The maximum absolute atomic E-state index is 5.80. The fourth-order valence-corrected chi connectivity index (χ4v) is 3.73. The molecule has 1 heterocycles. The van der Waals surface area contributed by atoms with Gasteiger partial charge < -0.3 is 10.3 Å². The molecule has 0 fully saturated rings. The van der Waals surface area contributed by atoms with Gasteiger partial charge in [0.25, 0.3) is 0 Å². The van der Waals surface area contributed by atoms with Gasteiger partial charge in [-0.25, -0.2) is 0 Å². The summed E-state index contributed by atoms with van der Waals surface area (Å²) in [7, 11) is 0. The first-order chi connectivity index (χ1) is 14.1. The molecule has 142 valence electrons. The van der Waals surface area contributed by atoms with E-state index in [-0.39, 0.29) is 0 Å². The van der Waals surface area contributed by atoms with E-state index in [1.807, 2.05) is 25.1 Å². The molecule has 3 aromatic carbocycles. The molecule has 2 nitrogen and oxygen atoms in total. The van der Waals surface area contributed by atoms with Gasteiger partial charge in [0.15, 0.2) is 0 Å². The summed E-state index contributed by atoms with van der Waals surface area (Å²) in [5, 5.41) is 2.43. The highest BCUT2D eigenvalue weighted by Gasteiger charge is 2.13. The van der Waals surface area contributed by atoms with Gasteiger partial charge >= 0.3 is 0 Å². The number of fused-ring (bicyclic) bond motifs is 3. The predicted octanol–water partition coefficient (Wildman–Crippen LogP) is 6.59. The highest BCUT2D eigenvalue weighted by Crippen LogP contribution is 2.34. The third kappa shape index (κ3) is 3.53. The smallest absolute Gasteiger partial charge is 0.0991 e. The minimum atomic E-state index is 0.404. The number of nitrogens with zero attached hydrogens (tertiary/aromatic N) is 1. The first-order valence-corrected chi connectivity index (χ1v) is 9.91. The molecule has 4 rings (SSSR count). The standard InChI is InChI=1S/C26H22N2S/c1-3-9-19(16-18(2)26(27)29)20-14-15-25-23(17-20)22-12-7-8-13-24(22)28(25)21-10-5-4-6-11-21/h3-17H,1H2,2H3,(H2,27,29)/b18-16+,19-9+. The van der Waals surface area contributed by atoms with Gasteiger partial charge in [0.2, 0.25) is 0 Å². The van der Waals surface area contributed by atoms with Gasteiger partial charge in [-0.15, -0.1) is 0 Å². The highest BCUT2D eigenvalue weighted by atomic mass is 32.1. The van der Waals surface area contributed by atoms with Crippen LogP contribution in [0.3, 0.4) is 0 Å². The molecule has 0 spiro atoms. The van der Waals surface area contributed by atoms with Crippen molar-refractivity contribution in [2.24, 2.45) is 5.73 Å². The average Bonchev–Trinajstić information content (AvgIpc) is 3.07. The minimum Gasteiger partial charge on any atom is -0.390 e. The van der Waals surface area contributed by atoms with E-state index in [1.54, 1.807) is 6.08 Å². The second-order valence-electron chi connectivity index (χ2n) is 6.97. The van der Waals surface area contributed by atoms with Gasteiger partial charge in [0.05, 0.1) is 16.0 Å². The largest absolute Gasteiger partial charge is 0.390 e. The highest BCUT2D eigenvalue weighted by molar-refractivity contribution is 7.80. The normalized spacial score (nSPS) is 12.4. The van der Waals surface area contributed by atoms with Crippen LogP contribution in [-0.4, -0.2) is 9.56 Å². The molecule has 0 amide bonds. The van der Waals surface area contributed by atoms with Crippen molar-refractivity contribution < 1.29 is 0 Å². The molecule has 2 N–H and O–H groups in total. The second kappa shape index (κ2) is 7.90. The summed E-state index contributed by atoms with van der Waals surface area (Å²) in [4.78, 5) is 0.404. The quantitative estimate of drug-likeness (QED) is 0.235. The van der Waals surface area contributed by atoms with E-state index in [1.165, 1.54) is 21.8 Å².